The molecule has 30 heavy (non-hydrogen) atoms. The molecule has 1 saturated heterocycles. The van der Waals surface area contributed by atoms with Gasteiger partial charge in [-0.2, -0.15) is 0 Å². The fourth-order valence-electron chi connectivity index (χ4n) is 7.05. The van der Waals surface area contributed by atoms with Crippen LogP contribution in [0.2, 0.25) is 0 Å². The fraction of sp³-hybridized carbons (Fsp3) is 0.600. The lowest BCUT2D eigenvalue weighted by molar-refractivity contribution is -0.145. The van der Waals surface area contributed by atoms with Crippen molar-refractivity contribution in [1.82, 2.24) is 5.01 Å². The molecular formula is C25H32N2O3. The maximum absolute atomic E-state index is 14.0. The second-order valence-electron chi connectivity index (χ2n) is 10.3. The second-order valence-corrected chi connectivity index (χ2v) is 10.3. The molecule has 1 aliphatic heterocycles. The molecule has 3 aliphatic carbocycles. The van der Waals surface area contributed by atoms with Crippen molar-refractivity contribution in [3.63, 3.8) is 0 Å². The third kappa shape index (κ3) is 2.38. The van der Waals surface area contributed by atoms with Gasteiger partial charge in [0.15, 0.2) is 0 Å². The van der Waals surface area contributed by atoms with Crippen molar-refractivity contribution in [3.8, 4) is 0 Å². The summed E-state index contributed by atoms with van der Waals surface area (Å²) in [4.78, 5) is 27.8. The first-order chi connectivity index (χ1) is 14.3. The number of carbonyl (C=O) groups is 2. The fourth-order valence-corrected chi connectivity index (χ4v) is 7.05. The molecule has 1 aromatic carbocycles. The van der Waals surface area contributed by atoms with Crippen LogP contribution >= 0.6 is 0 Å². The van der Waals surface area contributed by atoms with Crippen LogP contribution in [-0.2, 0) is 9.59 Å². The highest BCUT2D eigenvalue weighted by Crippen LogP contribution is 2.70. The molecule has 4 fully saturated rings. The summed E-state index contributed by atoms with van der Waals surface area (Å²) in [6, 6.07) is 9.25. The molecule has 2 amide bonds. The number of aliphatic hydroxyl groups is 1. The largest absolute Gasteiger partial charge is 0.383 e. The van der Waals surface area contributed by atoms with Crippen molar-refractivity contribution < 1.29 is 14.7 Å². The third-order valence-corrected chi connectivity index (χ3v) is 8.87. The standard InChI is InChI=1S/C25H32N2O3/c1-16-9-7-8-12-19(16)21(28)22(29)27-20-15-17-13-14-25(20,24(17,2)3)23(30)26(27)18-10-5-4-6-11-18/h4-6,10-11,17,19-21,28H,1,7-9,12-15H2,2-3H3/t17-,19?,20-,21+,25+/m1/s1. The SMILES string of the molecule is C=C1CCCCC1[C@H](O)C(=O)N1[C@@H]2C[C@H]3CC[C@]2(C(=O)N1c1ccccc1)C3(C)C. The van der Waals surface area contributed by atoms with Gasteiger partial charge in [-0.05, 0) is 62.0 Å². The van der Waals surface area contributed by atoms with Crippen molar-refractivity contribution in [2.75, 3.05) is 5.01 Å². The molecule has 1 spiro atoms. The van der Waals surface area contributed by atoms with Gasteiger partial charge < -0.3 is 5.11 Å². The van der Waals surface area contributed by atoms with E-state index in [2.05, 4.69) is 20.4 Å². The van der Waals surface area contributed by atoms with E-state index in [4.69, 9.17) is 0 Å². The summed E-state index contributed by atoms with van der Waals surface area (Å²) in [5.74, 6) is -0.110. The number of anilines is 1. The molecule has 1 unspecified atom stereocenters. The predicted octanol–water partition coefficient (Wildman–Crippen LogP) is 4.08. The van der Waals surface area contributed by atoms with E-state index in [1.165, 1.54) is 0 Å². The summed E-state index contributed by atoms with van der Waals surface area (Å²) in [7, 11) is 0. The first-order valence-corrected chi connectivity index (χ1v) is 11.4. The first-order valence-electron chi connectivity index (χ1n) is 11.4. The molecule has 3 saturated carbocycles. The molecule has 5 rings (SSSR count). The van der Waals surface area contributed by atoms with E-state index in [1.807, 2.05) is 30.3 Å². The Balaban J connectivity index is 1.57. The van der Waals surface area contributed by atoms with Gasteiger partial charge in [-0.1, -0.05) is 50.6 Å². The third-order valence-electron chi connectivity index (χ3n) is 8.87. The Morgan fingerprint density at radius 1 is 1.20 bits per heavy atom. The van der Waals surface area contributed by atoms with Gasteiger partial charge in [0.2, 0.25) is 0 Å². The topological polar surface area (TPSA) is 60.9 Å². The first kappa shape index (κ1) is 19.8. The molecule has 160 valence electrons. The number of nitrogens with zero attached hydrogens (tertiary/aromatic N) is 2. The number of rotatable bonds is 3. The Hall–Kier alpha value is -2.14. The predicted molar refractivity (Wildman–Crippen MR) is 115 cm³/mol. The van der Waals surface area contributed by atoms with Gasteiger partial charge in [0.1, 0.15) is 6.10 Å². The number of fused-ring (bicyclic) bond motifs is 1. The van der Waals surface area contributed by atoms with Crippen LogP contribution in [0, 0.1) is 22.7 Å². The van der Waals surface area contributed by atoms with Gasteiger partial charge in [0, 0.05) is 5.92 Å². The highest BCUT2D eigenvalue weighted by molar-refractivity contribution is 6.05. The smallest absolute Gasteiger partial charge is 0.271 e. The number of para-hydroxylation sites is 1. The van der Waals surface area contributed by atoms with Crippen molar-refractivity contribution in [2.24, 2.45) is 22.7 Å². The normalized spacial score (nSPS) is 35.6. The van der Waals surface area contributed by atoms with E-state index in [1.54, 1.807) is 10.0 Å². The lowest BCUT2D eigenvalue weighted by Gasteiger charge is -2.37. The monoisotopic (exact) mass is 408 g/mol. The number of hydrazine groups is 1. The van der Waals surface area contributed by atoms with Gasteiger partial charge in [0.05, 0.1) is 17.1 Å². The quantitative estimate of drug-likeness (QED) is 0.767. The lowest BCUT2D eigenvalue weighted by Crippen LogP contribution is -2.53. The molecule has 2 bridgehead atoms. The van der Waals surface area contributed by atoms with Crippen molar-refractivity contribution >= 4 is 17.5 Å². The minimum atomic E-state index is -1.14. The summed E-state index contributed by atoms with van der Waals surface area (Å²) < 4.78 is 0. The van der Waals surface area contributed by atoms with Crippen LogP contribution in [0.1, 0.15) is 58.8 Å². The maximum atomic E-state index is 14.0. The number of aliphatic hydroxyl groups excluding tert-OH is 1. The van der Waals surface area contributed by atoms with E-state index in [9.17, 15) is 14.7 Å². The highest BCUT2D eigenvalue weighted by atomic mass is 16.3. The van der Waals surface area contributed by atoms with E-state index in [0.717, 1.165) is 50.5 Å². The minimum absolute atomic E-state index is 0.0201. The van der Waals surface area contributed by atoms with E-state index < -0.39 is 11.5 Å². The Bertz CT molecular complexity index is 895. The van der Waals surface area contributed by atoms with Crippen molar-refractivity contribution in [3.05, 3.63) is 42.5 Å². The zero-order valence-electron chi connectivity index (χ0n) is 18.0. The zero-order valence-corrected chi connectivity index (χ0v) is 18.0. The molecule has 4 aliphatic rings. The van der Waals surface area contributed by atoms with Crippen LogP contribution in [0.25, 0.3) is 0 Å². The summed E-state index contributed by atoms with van der Waals surface area (Å²) in [5, 5.41) is 14.4. The number of hydrogen-bond donors (Lipinski definition) is 1. The molecule has 0 radical (unpaired) electrons. The van der Waals surface area contributed by atoms with Crippen molar-refractivity contribution in [2.45, 2.75) is 70.9 Å². The van der Waals surface area contributed by atoms with Crippen LogP contribution in [0.3, 0.4) is 0 Å². The average Bonchev–Trinajstić information content (AvgIpc) is 3.26. The zero-order chi connectivity index (χ0) is 21.3. The number of hydrogen-bond acceptors (Lipinski definition) is 3. The van der Waals surface area contributed by atoms with Crippen LogP contribution < -0.4 is 5.01 Å². The Morgan fingerprint density at radius 2 is 1.93 bits per heavy atom. The lowest BCUT2D eigenvalue weighted by atomic mass is 9.67. The van der Waals surface area contributed by atoms with Crippen LogP contribution in [0.15, 0.2) is 42.5 Å². The Labute approximate surface area is 178 Å². The molecule has 1 heterocycles. The van der Waals surface area contributed by atoms with E-state index >= 15 is 0 Å². The Kier molecular flexibility index (Phi) is 4.41. The summed E-state index contributed by atoms with van der Waals surface area (Å²) in [6.45, 7) is 8.52. The van der Waals surface area contributed by atoms with Crippen molar-refractivity contribution in [1.29, 1.82) is 0 Å². The molecule has 1 N–H and O–H groups in total. The Morgan fingerprint density at radius 3 is 2.60 bits per heavy atom. The maximum Gasteiger partial charge on any atom is 0.271 e. The van der Waals surface area contributed by atoms with E-state index in [-0.39, 0.29) is 29.2 Å². The summed E-state index contributed by atoms with van der Waals surface area (Å²) >= 11 is 0. The molecule has 0 aromatic heterocycles. The van der Waals surface area contributed by atoms with Gasteiger partial charge >= 0.3 is 0 Å². The number of carbonyl (C=O) groups excluding carboxylic acids is 2. The van der Waals surface area contributed by atoms with Crippen LogP contribution in [0.4, 0.5) is 5.69 Å². The molecule has 1 aromatic rings. The number of benzene rings is 1. The second kappa shape index (κ2) is 6.68. The summed E-state index contributed by atoms with van der Waals surface area (Å²) in [6.07, 6.45) is 5.23. The molecule has 5 atom stereocenters. The van der Waals surface area contributed by atoms with Gasteiger partial charge in [-0.15, -0.1) is 0 Å². The van der Waals surface area contributed by atoms with Gasteiger partial charge in [0.25, 0.3) is 11.8 Å². The highest BCUT2D eigenvalue weighted by Gasteiger charge is 2.75. The van der Waals surface area contributed by atoms with Crippen LogP contribution in [-0.4, -0.2) is 34.1 Å². The minimum Gasteiger partial charge on any atom is -0.383 e. The van der Waals surface area contributed by atoms with Crippen LogP contribution in [0.5, 0.6) is 0 Å². The summed E-state index contributed by atoms with van der Waals surface area (Å²) in [5.41, 5.74) is 0.943. The molecule has 5 heteroatoms. The average molecular weight is 409 g/mol. The number of amides is 2. The molecule has 5 nitrogen and oxygen atoms in total. The molecular weight excluding hydrogens is 376 g/mol. The van der Waals surface area contributed by atoms with Gasteiger partial charge in [-0.25, -0.2) is 10.0 Å². The van der Waals surface area contributed by atoms with Gasteiger partial charge in [-0.3, -0.25) is 9.59 Å². The van der Waals surface area contributed by atoms with E-state index in [0.29, 0.717) is 11.6 Å².